The number of nitrogens with one attached hydrogen (secondary N) is 1. The minimum Gasteiger partial charge on any atom is -0.482 e. The van der Waals surface area contributed by atoms with Gasteiger partial charge in [0.05, 0.1) is 22.1 Å². The molecular weight excluding hydrogens is 262 g/mol. The molecule has 0 aliphatic carbocycles. The zero-order valence-electron chi connectivity index (χ0n) is 9.05. The normalized spacial score (nSPS) is 9.33. The van der Waals surface area contributed by atoms with Gasteiger partial charge in [-0.2, -0.15) is 5.26 Å². The molecule has 18 heavy (non-hydrogen) atoms. The molecule has 0 spiro atoms. The van der Waals surface area contributed by atoms with Crippen molar-refractivity contribution in [3.63, 3.8) is 0 Å². The number of nitrogens with zero attached hydrogens (tertiary/aromatic N) is 2. The Morgan fingerprint density at radius 2 is 2.33 bits per heavy atom. The average Bonchev–Trinajstić information content (AvgIpc) is 2.35. The summed E-state index contributed by atoms with van der Waals surface area (Å²) >= 11 is 5.76. The number of halogens is 1. The molecule has 1 rings (SSSR count). The zero-order chi connectivity index (χ0) is 13.5. The maximum Gasteiger partial charge on any atom is 0.273 e. The van der Waals surface area contributed by atoms with E-state index in [2.05, 4.69) is 5.32 Å². The quantitative estimate of drug-likeness (QED) is 0.492. The van der Waals surface area contributed by atoms with Gasteiger partial charge in [-0.1, -0.05) is 11.6 Å². The third-order valence-electron chi connectivity index (χ3n) is 1.85. The van der Waals surface area contributed by atoms with Gasteiger partial charge < -0.3 is 10.1 Å². The Bertz CT molecular complexity index is 512. The molecule has 1 aromatic rings. The molecule has 94 valence electrons. The van der Waals surface area contributed by atoms with Crippen molar-refractivity contribution in [2.45, 2.75) is 0 Å². The van der Waals surface area contributed by atoms with Gasteiger partial charge in [-0.25, -0.2) is 0 Å². The molecule has 0 aliphatic rings. The molecule has 8 heteroatoms. The smallest absolute Gasteiger partial charge is 0.273 e. The highest BCUT2D eigenvalue weighted by Gasteiger charge is 2.11. The van der Waals surface area contributed by atoms with Crippen molar-refractivity contribution in [2.24, 2.45) is 0 Å². The summed E-state index contributed by atoms with van der Waals surface area (Å²) in [6, 6.07) is 5.39. The van der Waals surface area contributed by atoms with E-state index >= 15 is 0 Å². The summed E-state index contributed by atoms with van der Waals surface area (Å²) < 4.78 is 5.03. The number of carbonyl (C=O) groups is 1. The lowest BCUT2D eigenvalue weighted by molar-refractivity contribution is -0.384. The lowest BCUT2D eigenvalue weighted by Gasteiger charge is -2.07. The minimum absolute atomic E-state index is 0.0398. The number of hydrogen-bond acceptors (Lipinski definition) is 5. The molecular formula is C10H8ClN3O4. The number of hydrogen-bond donors (Lipinski definition) is 1. The number of nitro benzene ring substituents is 1. The molecule has 0 aliphatic heterocycles. The lowest BCUT2D eigenvalue weighted by atomic mass is 10.3. The summed E-state index contributed by atoms with van der Waals surface area (Å²) in [5.41, 5.74) is -0.188. The molecule has 0 unspecified atom stereocenters. The number of ether oxygens (including phenoxy) is 1. The summed E-state index contributed by atoms with van der Waals surface area (Å²) in [6.07, 6.45) is 0. The van der Waals surface area contributed by atoms with Gasteiger partial charge in [-0.3, -0.25) is 14.9 Å². The number of amides is 1. The van der Waals surface area contributed by atoms with E-state index in [4.69, 9.17) is 21.6 Å². The largest absolute Gasteiger partial charge is 0.482 e. The average molecular weight is 270 g/mol. The van der Waals surface area contributed by atoms with Crippen molar-refractivity contribution in [3.8, 4) is 11.8 Å². The van der Waals surface area contributed by atoms with Crippen LogP contribution in [0.4, 0.5) is 5.69 Å². The van der Waals surface area contributed by atoms with E-state index in [9.17, 15) is 14.9 Å². The number of non-ortho nitro benzene ring substituents is 1. The van der Waals surface area contributed by atoms with Gasteiger partial charge >= 0.3 is 0 Å². The molecule has 0 heterocycles. The van der Waals surface area contributed by atoms with Crippen molar-refractivity contribution in [1.82, 2.24) is 5.32 Å². The minimum atomic E-state index is -0.598. The topological polar surface area (TPSA) is 105 Å². The van der Waals surface area contributed by atoms with Gasteiger partial charge in [-0.15, -0.1) is 0 Å². The first-order valence-corrected chi connectivity index (χ1v) is 5.12. The first-order chi connectivity index (χ1) is 8.54. The molecule has 0 fully saturated rings. The fourth-order valence-electron chi connectivity index (χ4n) is 1.05. The second-order valence-electron chi connectivity index (χ2n) is 3.10. The van der Waals surface area contributed by atoms with Gasteiger partial charge in [-0.05, 0) is 6.07 Å². The first kappa shape index (κ1) is 13.7. The first-order valence-electron chi connectivity index (χ1n) is 4.75. The van der Waals surface area contributed by atoms with E-state index in [0.717, 1.165) is 6.07 Å². The van der Waals surface area contributed by atoms with Crippen molar-refractivity contribution in [1.29, 1.82) is 5.26 Å². The molecule has 0 bridgehead atoms. The number of rotatable bonds is 5. The second kappa shape index (κ2) is 6.42. The molecule has 0 saturated carbocycles. The van der Waals surface area contributed by atoms with Gasteiger partial charge in [0.25, 0.3) is 11.6 Å². The molecule has 0 saturated heterocycles. The highest BCUT2D eigenvalue weighted by atomic mass is 35.5. The number of carbonyl (C=O) groups excluding carboxylic acids is 1. The van der Waals surface area contributed by atoms with Crippen LogP contribution in [0.3, 0.4) is 0 Å². The van der Waals surface area contributed by atoms with E-state index in [1.165, 1.54) is 12.1 Å². The SMILES string of the molecule is N#CCNC(=O)COc1cc([N+](=O)[O-])ccc1Cl. The lowest BCUT2D eigenvalue weighted by Crippen LogP contribution is -2.29. The molecule has 7 nitrogen and oxygen atoms in total. The summed E-state index contributed by atoms with van der Waals surface area (Å²) in [6.45, 7) is -0.507. The Morgan fingerprint density at radius 3 is 2.94 bits per heavy atom. The van der Waals surface area contributed by atoms with Gasteiger partial charge in [0.15, 0.2) is 6.61 Å². The standard InChI is InChI=1S/C10H8ClN3O4/c11-8-2-1-7(14(16)17)5-9(8)18-6-10(15)13-4-3-12/h1-2,5H,4,6H2,(H,13,15). The zero-order valence-corrected chi connectivity index (χ0v) is 9.81. The second-order valence-corrected chi connectivity index (χ2v) is 3.50. The van der Waals surface area contributed by atoms with Crippen molar-refractivity contribution in [3.05, 3.63) is 33.3 Å². The van der Waals surface area contributed by atoms with Crippen LogP contribution < -0.4 is 10.1 Å². The van der Waals surface area contributed by atoms with Gasteiger partial charge in [0, 0.05) is 6.07 Å². The predicted octanol–water partition coefficient (Wildman–Crippen LogP) is 1.27. The molecule has 0 atom stereocenters. The number of nitriles is 1. The predicted molar refractivity (Wildman–Crippen MR) is 62.2 cm³/mol. The monoisotopic (exact) mass is 269 g/mol. The van der Waals surface area contributed by atoms with Crippen LogP contribution in [-0.4, -0.2) is 24.0 Å². The van der Waals surface area contributed by atoms with Crippen LogP contribution in [0.15, 0.2) is 18.2 Å². The van der Waals surface area contributed by atoms with Crippen LogP contribution in [0.25, 0.3) is 0 Å². The Morgan fingerprint density at radius 1 is 1.61 bits per heavy atom. The molecule has 0 radical (unpaired) electrons. The van der Waals surface area contributed by atoms with Crippen LogP contribution in [0.2, 0.25) is 5.02 Å². The Balaban J connectivity index is 2.67. The Hall–Kier alpha value is -2.33. The van der Waals surface area contributed by atoms with Crippen molar-refractivity contribution >= 4 is 23.2 Å². The summed E-state index contributed by atoms with van der Waals surface area (Å²) in [5, 5.41) is 21.2. The van der Waals surface area contributed by atoms with Crippen LogP contribution in [0.1, 0.15) is 0 Å². The molecule has 1 amide bonds. The number of benzene rings is 1. The summed E-state index contributed by atoms with van der Waals surface area (Å²) in [7, 11) is 0. The van der Waals surface area contributed by atoms with Gasteiger partial charge in [0.2, 0.25) is 0 Å². The van der Waals surface area contributed by atoms with Crippen LogP contribution >= 0.6 is 11.6 Å². The molecule has 1 aromatic carbocycles. The van der Waals surface area contributed by atoms with Crippen LogP contribution in [-0.2, 0) is 4.79 Å². The third-order valence-corrected chi connectivity index (χ3v) is 2.16. The molecule has 1 N–H and O–H groups in total. The van der Waals surface area contributed by atoms with E-state index in [1.807, 2.05) is 0 Å². The van der Waals surface area contributed by atoms with Crippen LogP contribution in [0.5, 0.6) is 5.75 Å². The van der Waals surface area contributed by atoms with E-state index in [0.29, 0.717) is 0 Å². The third kappa shape index (κ3) is 3.92. The van der Waals surface area contributed by atoms with Gasteiger partial charge in [0.1, 0.15) is 12.3 Å². The highest BCUT2D eigenvalue weighted by molar-refractivity contribution is 6.32. The van der Waals surface area contributed by atoms with Crippen molar-refractivity contribution in [2.75, 3.05) is 13.2 Å². The summed E-state index contributed by atoms with van der Waals surface area (Å²) in [5.74, 6) is -0.475. The highest BCUT2D eigenvalue weighted by Crippen LogP contribution is 2.28. The van der Waals surface area contributed by atoms with E-state index in [-0.39, 0.29) is 29.6 Å². The van der Waals surface area contributed by atoms with Crippen molar-refractivity contribution < 1.29 is 14.5 Å². The Labute approximate surface area is 107 Å². The maximum atomic E-state index is 11.1. The van der Waals surface area contributed by atoms with E-state index in [1.54, 1.807) is 6.07 Å². The van der Waals surface area contributed by atoms with Crippen LogP contribution in [0, 0.1) is 21.4 Å². The molecule has 0 aromatic heterocycles. The fourth-order valence-corrected chi connectivity index (χ4v) is 1.22. The Kier molecular flexibility index (Phi) is 4.90. The fraction of sp³-hybridized carbons (Fsp3) is 0.200. The summed E-state index contributed by atoms with van der Waals surface area (Å²) in [4.78, 5) is 21.1. The maximum absolute atomic E-state index is 11.1. The van der Waals surface area contributed by atoms with E-state index < -0.39 is 10.8 Å². The number of nitro groups is 1.